The third-order valence-electron chi connectivity index (χ3n) is 4.72. The van der Waals surface area contributed by atoms with E-state index < -0.39 is 0 Å². The first-order valence-corrected chi connectivity index (χ1v) is 8.10. The summed E-state index contributed by atoms with van der Waals surface area (Å²) in [7, 11) is 0. The Bertz CT molecular complexity index is 657. The van der Waals surface area contributed by atoms with Crippen LogP contribution in [-0.2, 0) is 26.1 Å². The molecule has 21 heavy (non-hydrogen) atoms. The van der Waals surface area contributed by atoms with Crippen LogP contribution in [0.25, 0.3) is 10.9 Å². The van der Waals surface area contributed by atoms with Gasteiger partial charge in [0, 0.05) is 42.8 Å². The van der Waals surface area contributed by atoms with Crippen molar-refractivity contribution in [3.8, 4) is 0 Å². The van der Waals surface area contributed by atoms with Gasteiger partial charge < -0.3 is 15.0 Å². The zero-order valence-corrected chi connectivity index (χ0v) is 13.4. The van der Waals surface area contributed by atoms with E-state index in [1.807, 2.05) is 0 Å². The maximum absolute atomic E-state index is 9.41. The van der Waals surface area contributed by atoms with Gasteiger partial charge in [-0.2, -0.15) is 0 Å². The van der Waals surface area contributed by atoms with Crippen LogP contribution in [0.3, 0.4) is 0 Å². The van der Waals surface area contributed by atoms with E-state index in [0.29, 0.717) is 5.92 Å². The number of aromatic nitrogens is 1. The summed E-state index contributed by atoms with van der Waals surface area (Å²) in [5, 5.41) is 14.2. The van der Waals surface area contributed by atoms with E-state index in [4.69, 9.17) is 0 Å². The molecule has 3 heteroatoms. The van der Waals surface area contributed by atoms with Gasteiger partial charge in [0.1, 0.15) is 0 Å². The van der Waals surface area contributed by atoms with Crippen LogP contribution in [-0.4, -0.2) is 16.3 Å². The lowest BCUT2D eigenvalue weighted by Crippen LogP contribution is -2.06. The van der Waals surface area contributed by atoms with Crippen LogP contribution in [0.15, 0.2) is 12.1 Å². The largest absolute Gasteiger partial charge is 0.396 e. The summed E-state index contributed by atoms with van der Waals surface area (Å²) in [6.07, 6.45) is 2.11. The van der Waals surface area contributed by atoms with E-state index in [0.717, 1.165) is 32.5 Å². The highest BCUT2D eigenvalue weighted by atomic mass is 16.3. The second-order valence-corrected chi connectivity index (χ2v) is 6.45. The summed E-state index contributed by atoms with van der Waals surface area (Å²) in [6, 6.07) is 4.75. The molecule has 1 unspecified atom stereocenters. The molecule has 1 atom stereocenters. The molecule has 2 N–H and O–H groups in total. The number of nitrogens with one attached hydrogen (secondary N) is 1. The van der Waals surface area contributed by atoms with Gasteiger partial charge in [-0.1, -0.05) is 13.8 Å². The minimum Gasteiger partial charge on any atom is -0.396 e. The van der Waals surface area contributed by atoms with Crippen LogP contribution in [0, 0.1) is 12.8 Å². The molecule has 0 saturated heterocycles. The lowest BCUT2D eigenvalue weighted by atomic mass is 9.97. The van der Waals surface area contributed by atoms with Crippen LogP contribution in [0.5, 0.6) is 0 Å². The van der Waals surface area contributed by atoms with Gasteiger partial charge in [-0.15, -0.1) is 0 Å². The quantitative estimate of drug-likeness (QED) is 0.886. The first-order valence-electron chi connectivity index (χ1n) is 8.10. The van der Waals surface area contributed by atoms with Gasteiger partial charge in [-0.25, -0.2) is 0 Å². The fourth-order valence-corrected chi connectivity index (χ4v) is 3.52. The zero-order chi connectivity index (χ0) is 15.0. The van der Waals surface area contributed by atoms with Gasteiger partial charge in [0.2, 0.25) is 0 Å². The van der Waals surface area contributed by atoms with Crippen molar-refractivity contribution in [2.24, 2.45) is 5.92 Å². The number of fused-ring (bicyclic) bond motifs is 2. The van der Waals surface area contributed by atoms with Crippen molar-refractivity contribution >= 4 is 10.9 Å². The fourth-order valence-electron chi connectivity index (χ4n) is 3.52. The average molecular weight is 286 g/mol. The number of benzene rings is 1. The van der Waals surface area contributed by atoms with E-state index in [1.54, 1.807) is 0 Å². The van der Waals surface area contributed by atoms with Crippen molar-refractivity contribution in [2.75, 3.05) is 6.61 Å². The van der Waals surface area contributed by atoms with E-state index >= 15 is 0 Å². The molecule has 0 spiro atoms. The highest BCUT2D eigenvalue weighted by Crippen LogP contribution is 2.32. The Morgan fingerprint density at radius 3 is 2.67 bits per heavy atom. The Morgan fingerprint density at radius 1 is 1.29 bits per heavy atom. The van der Waals surface area contributed by atoms with Crippen molar-refractivity contribution in [2.45, 2.75) is 53.2 Å². The molecule has 3 rings (SSSR count). The molecule has 1 aliphatic rings. The fraction of sp³-hybridized carbons (Fsp3) is 0.556. The number of aliphatic hydroxyl groups is 1. The predicted octanol–water partition coefficient (Wildman–Crippen LogP) is 3.13. The monoisotopic (exact) mass is 286 g/mol. The lowest BCUT2D eigenvalue weighted by Gasteiger charge is -2.09. The molecular formula is C18H26N2O. The number of hydrogen-bond donors (Lipinski definition) is 2. The molecule has 0 amide bonds. The first kappa shape index (κ1) is 14.6. The number of nitrogens with zero attached hydrogens (tertiary/aromatic N) is 1. The summed E-state index contributed by atoms with van der Waals surface area (Å²) in [6.45, 7) is 9.89. The van der Waals surface area contributed by atoms with E-state index in [9.17, 15) is 5.11 Å². The molecule has 1 aliphatic heterocycles. The van der Waals surface area contributed by atoms with Gasteiger partial charge in [0.05, 0.1) is 0 Å². The maximum atomic E-state index is 9.41. The Hall–Kier alpha value is -1.32. The molecule has 114 valence electrons. The number of rotatable bonds is 5. The van der Waals surface area contributed by atoms with E-state index in [2.05, 4.69) is 42.8 Å². The third-order valence-corrected chi connectivity index (χ3v) is 4.72. The van der Waals surface area contributed by atoms with Gasteiger partial charge in [0.25, 0.3) is 0 Å². The smallest absolute Gasteiger partial charge is 0.0488 e. The van der Waals surface area contributed by atoms with Crippen LogP contribution in [0.2, 0.25) is 0 Å². The van der Waals surface area contributed by atoms with Gasteiger partial charge >= 0.3 is 0 Å². The van der Waals surface area contributed by atoms with Crippen molar-refractivity contribution in [3.05, 3.63) is 34.5 Å². The van der Waals surface area contributed by atoms with Crippen molar-refractivity contribution in [1.82, 2.24) is 9.88 Å². The standard InChI is InChI=1S/C18H26N2O/c1-4-5-20-13(3)16(6-12(2)11-21)17-7-14-9-19-10-15(14)8-18(17)20/h7-8,12,19,21H,4-6,9-11H2,1-3H3. The van der Waals surface area contributed by atoms with Crippen molar-refractivity contribution in [1.29, 1.82) is 0 Å². The highest BCUT2D eigenvalue weighted by Gasteiger charge is 2.19. The topological polar surface area (TPSA) is 37.2 Å². The molecule has 0 radical (unpaired) electrons. The number of aryl methyl sites for hydroxylation is 1. The molecule has 1 aromatic heterocycles. The van der Waals surface area contributed by atoms with Crippen molar-refractivity contribution in [3.63, 3.8) is 0 Å². The van der Waals surface area contributed by atoms with Gasteiger partial charge in [0.15, 0.2) is 0 Å². The summed E-state index contributed by atoms with van der Waals surface area (Å²) in [5.74, 6) is 0.316. The Morgan fingerprint density at radius 2 is 2.00 bits per heavy atom. The zero-order valence-electron chi connectivity index (χ0n) is 13.4. The molecule has 1 aromatic carbocycles. The van der Waals surface area contributed by atoms with Crippen LogP contribution in [0.4, 0.5) is 0 Å². The van der Waals surface area contributed by atoms with Crippen LogP contribution in [0.1, 0.15) is 42.7 Å². The molecule has 3 nitrogen and oxygen atoms in total. The normalized spacial score (nSPS) is 15.6. The minimum atomic E-state index is 0.256. The number of hydrogen-bond acceptors (Lipinski definition) is 2. The maximum Gasteiger partial charge on any atom is 0.0488 e. The summed E-state index contributed by atoms with van der Waals surface area (Å²) >= 11 is 0. The van der Waals surface area contributed by atoms with Crippen LogP contribution >= 0.6 is 0 Å². The highest BCUT2D eigenvalue weighted by molar-refractivity contribution is 5.87. The Labute approximate surface area is 127 Å². The first-order chi connectivity index (χ1) is 10.2. The lowest BCUT2D eigenvalue weighted by molar-refractivity contribution is 0.237. The van der Waals surface area contributed by atoms with Gasteiger partial charge in [-0.05, 0) is 54.5 Å². The molecular weight excluding hydrogens is 260 g/mol. The van der Waals surface area contributed by atoms with Crippen LogP contribution < -0.4 is 5.32 Å². The predicted molar refractivity (Wildman–Crippen MR) is 87.5 cm³/mol. The molecule has 0 saturated carbocycles. The Kier molecular flexibility index (Phi) is 4.05. The molecule has 0 fully saturated rings. The summed E-state index contributed by atoms with van der Waals surface area (Å²) in [4.78, 5) is 0. The number of aliphatic hydroxyl groups excluding tert-OH is 1. The average Bonchev–Trinajstić information content (AvgIpc) is 3.03. The molecule has 0 aliphatic carbocycles. The second kappa shape index (κ2) is 5.82. The Balaban J connectivity index is 2.18. The van der Waals surface area contributed by atoms with Crippen molar-refractivity contribution < 1.29 is 5.11 Å². The van der Waals surface area contributed by atoms with Gasteiger partial charge in [-0.3, -0.25) is 0 Å². The molecule has 2 aromatic rings. The molecule has 2 heterocycles. The molecule has 0 bridgehead atoms. The summed E-state index contributed by atoms with van der Waals surface area (Å²) in [5.41, 5.74) is 7.06. The summed E-state index contributed by atoms with van der Waals surface area (Å²) < 4.78 is 2.47. The van der Waals surface area contributed by atoms with E-state index in [1.165, 1.54) is 33.3 Å². The SMILES string of the molecule is CCCn1c(C)c(CC(C)CO)c2cc3c(cc21)CNC3. The van der Waals surface area contributed by atoms with E-state index in [-0.39, 0.29) is 6.61 Å². The second-order valence-electron chi connectivity index (χ2n) is 6.45. The third kappa shape index (κ3) is 2.49. The minimum absolute atomic E-state index is 0.256.